The number of nitrogens with zero attached hydrogens (tertiary/aromatic N) is 1. The fourth-order valence-electron chi connectivity index (χ4n) is 1.19. The van der Waals surface area contributed by atoms with Crippen molar-refractivity contribution in [1.82, 2.24) is 9.97 Å². The largest absolute Gasteiger partial charge is 0.385 e. The molecule has 0 aliphatic carbocycles. The Balaban J connectivity index is 2.04. The van der Waals surface area contributed by atoms with Gasteiger partial charge in [0.1, 0.15) is 11.9 Å². The van der Waals surface area contributed by atoms with E-state index in [2.05, 4.69) is 9.97 Å². The van der Waals surface area contributed by atoms with Crippen LogP contribution in [0.4, 0.5) is 0 Å². The van der Waals surface area contributed by atoms with E-state index < -0.39 is 6.10 Å². The summed E-state index contributed by atoms with van der Waals surface area (Å²) in [6.07, 6.45) is 3.46. The highest BCUT2D eigenvalue weighted by molar-refractivity contribution is 7.07. The number of imidazole rings is 1. The molecule has 0 aliphatic rings. The van der Waals surface area contributed by atoms with Crippen molar-refractivity contribution in [3.8, 4) is 0 Å². The van der Waals surface area contributed by atoms with E-state index in [0.29, 0.717) is 12.2 Å². The van der Waals surface area contributed by atoms with Gasteiger partial charge in [0.2, 0.25) is 0 Å². The second kappa shape index (κ2) is 3.72. The molecule has 0 saturated carbocycles. The Labute approximate surface area is 80.1 Å². The van der Waals surface area contributed by atoms with Crippen LogP contribution in [0.1, 0.15) is 17.5 Å². The summed E-state index contributed by atoms with van der Waals surface area (Å²) in [5.41, 5.74) is 1.15. The number of aromatic nitrogens is 2. The monoisotopic (exact) mass is 194 g/mol. The van der Waals surface area contributed by atoms with Crippen LogP contribution >= 0.6 is 11.3 Å². The Hall–Kier alpha value is -1.13. The van der Waals surface area contributed by atoms with Crippen molar-refractivity contribution in [2.75, 3.05) is 0 Å². The van der Waals surface area contributed by atoms with E-state index in [1.54, 1.807) is 23.7 Å². The summed E-state index contributed by atoms with van der Waals surface area (Å²) in [6, 6.07) is 2.01. The average molecular weight is 194 g/mol. The highest BCUT2D eigenvalue weighted by Crippen LogP contribution is 2.16. The number of H-pyrrole nitrogens is 1. The Bertz CT molecular complexity index is 342. The van der Waals surface area contributed by atoms with E-state index in [1.807, 2.05) is 16.8 Å². The van der Waals surface area contributed by atoms with Crippen LogP contribution in [-0.4, -0.2) is 15.1 Å². The number of thiophene rings is 1. The fraction of sp³-hybridized carbons (Fsp3) is 0.222. The van der Waals surface area contributed by atoms with Gasteiger partial charge in [-0.2, -0.15) is 11.3 Å². The molecule has 2 heterocycles. The Morgan fingerprint density at radius 1 is 1.62 bits per heavy atom. The van der Waals surface area contributed by atoms with Crippen molar-refractivity contribution < 1.29 is 5.11 Å². The maximum absolute atomic E-state index is 9.69. The molecule has 0 fully saturated rings. The third kappa shape index (κ3) is 1.96. The molecule has 0 radical (unpaired) electrons. The van der Waals surface area contributed by atoms with Crippen LogP contribution in [0.5, 0.6) is 0 Å². The number of aliphatic hydroxyl groups is 1. The number of rotatable bonds is 3. The van der Waals surface area contributed by atoms with Gasteiger partial charge < -0.3 is 10.1 Å². The molecule has 0 spiro atoms. The Kier molecular flexibility index (Phi) is 2.42. The zero-order valence-electron chi connectivity index (χ0n) is 6.97. The minimum atomic E-state index is -0.524. The molecule has 68 valence electrons. The Morgan fingerprint density at radius 3 is 3.15 bits per heavy atom. The number of hydrogen-bond acceptors (Lipinski definition) is 3. The molecule has 2 rings (SSSR count). The normalized spacial score (nSPS) is 13.0. The van der Waals surface area contributed by atoms with Gasteiger partial charge in [-0.1, -0.05) is 0 Å². The first kappa shape index (κ1) is 8.47. The van der Waals surface area contributed by atoms with Gasteiger partial charge >= 0.3 is 0 Å². The van der Waals surface area contributed by atoms with Gasteiger partial charge in [0.25, 0.3) is 0 Å². The smallest absolute Gasteiger partial charge is 0.135 e. The van der Waals surface area contributed by atoms with Gasteiger partial charge in [-0.15, -0.1) is 0 Å². The van der Waals surface area contributed by atoms with Crippen LogP contribution in [-0.2, 0) is 6.42 Å². The molecule has 3 nitrogen and oxygen atoms in total. The molecular formula is C9H10N2OS. The third-order valence-electron chi connectivity index (χ3n) is 1.84. The van der Waals surface area contributed by atoms with Crippen LogP contribution in [0.15, 0.2) is 29.2 Å². The summed E-state index contributed by atoms with van der Waals surface area (Å²) >= 11 is 1.64. The summed E-state index contributed by atoms with van der Waals surface area (Å²) in [5.74, 6) is 0.631. The zero-order valence-corrected chi connectivity index (χ0v) is 7.79. The van der Waals surface area contributed by atoms with E-state index in [9.17, 15) is 5.11 Å². The SMILES string of the molecule is OC(Cc1ccsc1)c1ncc[nH]1. The van der Waals surface area contributed by atoms with Crippen LogP contribution in [0.3, 0.4) is 0 Å². The molecule has 4 heteroatoms. The second-order valence-corrected chi connectivity index (χ2v) is 3.61. The summed E-state index contributed by atoms with van der Waals surface area (Å²) in [5, 5.41) is 13.7. The Morgan fingerprint density at radius 2 is 2.54 bits per heavy atom. The number of aromatic amines is 1. The lowest BCUT2D eigenvalue weighted by atomic mass is 10.1. The molecule has 13 heavy (non-hydrogen) atoms. The van der Waals surface area contributed by atoms with E-state index in [-0.39, 0.29) is 0 Å². The van der Waals surface area contributed by atoms with Crippen molar-refractivity contribution in [3.63, 3.8) is 0 Å². The molecule has 0 amide bonds. The molecule has 0 aliphatic heterocycles. The lowest BCUT2D eigenvalue weighted by Crippen LogP contribution is -2.02. The average Bonchev–Trinajstić information content (AvgIpc) is 2.74. The minimum Gasteiger partial charge on any atom is -0.385 e. The van der Waals surface area contributed by atoms with Crippen LogP contribution in [0.25, 0.3) is 0 Å². The first-order chi connectivity index (χ1) is 6.36. The van der Waals surface area contributed by atoms with Crippen LogP contribution in [0, 0.1) is 0 Å². The maximum atomic E-state index is 9.69. The van der Waals surface area contributed by atoms with Gasteiger partial charge in [-0.05, 0) is 22.4 Å². The first-order valence-corrected chi connectivity index (χ1v) is 4.99. The molecule has 0 aromatic carbocycles. The number of hydrogen-bond donors (Lipinski definition) is 2. The fourth-order valence-corrected chi connectivity index (χ4v) is 1.87. The van der Waals surface area contributed by atoms with Crippen molar-refractivity contribution in [2.45, 2.75) is 12.5 Å². The van der Waals surface area contributed by atoms with Crippen LogP contribution in [0.2, 0.25) is 0 Å². The summed E-state index contributed by atoms with van der Waals surface area (Å²) in [7, 11) is 0. The van der Waals surface area contributed by atoms with Gasteiger partial charge in [0.15, 0.2) is 0 Å². The number of aliphatic hydroxyl groups excluding tert-OH is 1. The van der Waals surface area contributed by atoms with E-state index in [1.165, 1.54) is 0 Å². The number of nitrogens with one attached hydrogen (secondary N) is 1. The third-order valence-corrected chi connectivity index (χ3v) is 2.58. The summed E-state index contributed by atoms with van der Waals surface area (Å²) < 4.78 is 0. The molecule has 1 unspecified atom stereocenters. The second-order valence-electron chi connectivity index (χ2n) is 2.83. The molecule has 2 aromatic heterocycles. The van der Waals surface area contributed by atoms with Gasteiger partial charge in [0, 0.05) is 18.8 Å². The molecule has 2 N–H and O–H groups in total. The highest BCUT2D eigenvalue weighted by Gasteiger charge is 2.10. The standard InChI is InChI=1S/C9H10N2OS/c12-8(9-10-2-3-11-9)5-7-1-4-13-6-7/h1-4,6,8,12H,5H2,(H,10,11). The quantitative estimate of drug-likeness (QED) is 0.782. The van der Waals surface area contributed by atoms with Crippen molar-refractivity contribution in [2.24, 2.45) is 0 Å². The molecule has 0 bridgehead atoms. The molecular weight excluding hydrogens is 184 g/mol. The van der Waals surface area contributed by atoms with E-state index in [0.717, 1.165) is 5.56 Å². The lowest BCUT2D eigenvalue weighted by Gasteiger charge is -2.05. The maximum Gasteiger partial charge on any atom is 0.135 e. The summed E-state index contributed by atoms with van der Waals surface area (Å²) in [4.78, 5) is 6.89. The molecule has 2 aromatic rings. The van der Waals surface area contributed by atoms with Gasteiger partial charge in [-0.25, -0.2) is 4.98 Å². The predicted molar refractivity (Wildman–Crippen MR) is 51.6 cm³/mol. The highest BCUT2D eigenvalue weighted by atomic mass is 32.1. The zero-order chi connectivity index (χ0) is 9.10. The summed E-state index contributed by atoms with van der Waals surface area (Å²) in [6.45, 7) is 0. The van der Waals surface area contributed by atoms with E-state index in [4.69, 9.17) is 0 Å². The van der Waals surface area contributed by atoms with Crippen LogP contribution < -0.4 is 0 Å². The minimum absolute atomic E-state index is 0.524. The van der Waals surface area contributed by atoms with Crippen molar-refractivity contribution in [3.05, 3.63) is 40.6 Å². The molecule has 0 saturated heterocycles. The van der Waals surface area contributed by atoms with Gasteiger partial charge in [0.05, 0.1) is 0 Å². The van der Waals surface area contributed by atoms with Crippen molar-refractivity contribution >= 4 is 11.3 Å². The predicted octanol–water partition coefficient (Wildman–Crippen LogP) is 1.75. The topological polar surface area (TPSA) is 48.9 Å². The van der Waals surface area contributed by atoms with Gasteiger partial charge in [-0.3, -0.25) is 0 Å². The lowest BCUT2D eigenvalue weighted by molar-refractivity contribution is 0.169. The van der Waals surface area contributed by atoms with Crippen molar-refractivity contribution in [1.29, 1.82) is 0 Å². The van der Waals surface area contributed by atoms with E-state index >= 15 is 0 Å². The molecule has 1 atom stereocenters. The first-order valence-electron chi connectivity index (χ1n) is 4.04.